The summed E-state index contributed by atoms with van der Waals surface area (Å²) in [4.78, 5) is 60.1. The van der Waals surface area contributed by atoms with Crippen molar-refractivity contribution in [3.8, 4) is 11.5 Å². The van der Waals surface area contributed by atoms with Crippen molar-refractivity contribution in [3.63, 3.8) is 0 Å². The Kier molecular flexibility index (Phi) is 15.0. The van der Waals surface area contributed by atoms with Gasteiger partial charge in [0.1, 0.15) is 39.5 Å². The lowest BCUT2D eigenvalue weighted by Gasteiger charge is -2.04. The second-order valence-electron chi connectivity index (χ2n) is 7.63. The van der Waals surface area contributed by atoms with E-state index in [4.69, 9.17) is 30.6 Å². The summed E-state index contributed by atoms with van der Waals surface area (Å²) < 4.78 is 23.2. The monoisotopic (exact) mass is 668 g/mol. The maximum atomic E-state index is 11.4. The van der Waals surface area contributed by atoms with Gasteiger partial charge in [0.2, 0.25) is 0 Å². The number of benzene rings is 2. The number of hydrogen-bond acceptors (Lipinski definition) is 16. The highest BCUT2D eigenvalue weighted by Gasteiger charge is 2.15. The molecule has 0 fully saturated rings. The molecular weight excluding hydrogens is 648 g/mol. The van der Waals surface area contributed by atoms with Crippen LogP contribution in [-0.4, -0.2) is 36.4 Å². The van der Waals surface area contributed by atoms with Gasteiger partial charge in [-0.2, -0.15) is 0 Å². The Morgan fingerprint density at radius 2 is 1.07 bits per heavy atom. The summed E-state index contributed by atoms with van der Waals surface area (Å²) in [5, 5.41) is 49.4. The number of nitrogens with zero attached hydrogens (tertiary/aromatic N) is 4. The number of carbonyl (C=O) groups excluding carboxylic acids is 2. The van der Waals surface area contributed by atoms with Crippen molar-refractivity contribution in [1.29, 1.82) is 0 Å². The number of furan rings is 2. The van der Waals surface area contributed by atoms with Gasteiger partial charge in [-0.05, 0) is 36.4 Å². The van der Waals surface area contributed by atoms with Crippen molar-refractivity contribution in [3.05, 3.63) is 125 Å². The standard InChI is InChI=1S/C12H8N2O8.C7H4ClNO4.C5H5NO4.CH4/c15-12(20-7-10-5-6-11(21-10)14(18)19)22-9-3-1-8(2-4-9)13(16)17;8-7(10)13-6-3-1-5(2-4-6)9(11)12;7-3-4-1-2-5(10-4)6(8)9;/h1-6H,7H2;1-4H;1-2,7H,3H2;1H4. The molecule has 0 aliphatic rings. The molecular formula is C25H21ClN4O16. The highest BCUT2D eigenvalue weighted by atomic mass is 35.5. The molecule has 0 amide bonds. The molecule has 0 aliphatic carbocycles. The highest BCUT2D eigenvalue weighted by molar-refractivity contribution is 6.61. The molecule has 244 valence electrons. The van der Waals surface area contributed by atoms with Crippen LogP contribution in [-0.2, 0) is 18.0 Å². The molecule has 0 unspecified atom stereocenters. The predicted molar refractivity (Wildman–Crippen MR) is 152 cm³/mol. The van der Waals surface area contributed by atoms with Crippen molar-refractivity contribution < 1.29 is 57.4 Å². The van der Waals surface area contributed by atoms with Crippen LogP contribution in [0.15, 0.2) is 81.6 Å². The van der Waals surface area contributed by atoms with Crippen LogP contribution in [0.4, 0.5) is 32.7 Å². The van der Waals surface area contributed by atoms with Crippen molar-refractivity contribution in [2.24, 2.45) is 0 Å². The van der Waals surface area contributed by atoms with Gasteiger partial charge in [-0.3, -0.25) is 40.5 Å². The maximum absolute atomic E-state index is 11.4. The molecule has 0 spiro atoms. The normalized spacial score (nSPS) is 9.52. The first-order valence-electron chi connectivity index (χ1n) is 11.6. The van der Waals surface area contributed by atoms with E-state index in [1.807, 2.05) is 0 Å². The van der Waals surface area contributed by atoms with Crippen LogP contribution >= 0.6 is 11.6 Å². The first-order chi connectivity index (χ1) is 21.3. The van der Waals surface area contributed by atoms with E-state index < -0.39 is 37.2 Å². The molecule has 2 aromatic heterocycles. The molecule has 46 heavy (non-hydrogen) atoms. The van der Waals surface area contributed by atoms with Crippen LogP contribution in [0.25, 0.3) is 0 Å². The average Bonchev–Trinajstić information content (AvgIpc) is 3.68. The van der Waals surface area contributed by atoms with E-state index in [2.05, 4.69) is 9.15 Å². The number of nitro benzene ring substituents is 2. The highest BCUT2D eigenvalue weighted by Crippen LogP contribution is 2.20. The SMILES string of the molecule is C.O=C(Cl)Oc1ccc([N+](=O)[O-])cc1.O=C(OCc1ccc([N+](=O)[O-])o1)Oc1ccc([N+](=O)[O-])cc1.O=[N+]([O-])c1ccc(CO)o1. The summed E-state index contributed by atoms with van der Waals surface area (Å²) in [6, 6.07) is 14.8. The number of nitro groups is 4. The minimum Gasteiger partial charge on any atom is -0.426 e. The van der Waals surface area contributed by atoms with E-state index in [0.717, 1.165) is 6.07 Å². The number of ether oxygens (including phenoxy) is 3. The molecule has 0 saturated carbocycles. The minimum absolute atomic E-state index is 0. The van der Waals surface area contributed by atoms with Gasteiger partial charge in [0.25, 0.3) is 11.4 Å². The van der Waals surface area contributed by atoms with E-state index in [0.29, 0.717) is 0 Å². The molecule has 21 heteroatoms. The Bertz CT molecular complexity index is 1650. The van der Waals surface area contributed by atoms with Crippen LogP contribution in [0.2, 0.25) is 0 Å². The second-order valence-corrected chi connectivity index (χ2v) is 7.94. The van der Waals surface area contributed by atoms with Gasteiger partial charge in [0.15, 0.2) is 6.61 Å². The molecule has 2 aromatic carbocycles. The van der Waals surface area contributed by atoms with Gasteiger partial charge in [-0.1, -0.05) is 7.43 Å². The Balaban J connectivity index is 0.000000375. The summed E-state index contributed by atoms with van der Waals surface area (Å²) in [5.74, 6) is -0.308. The molecule has 4 rings (SSSR count). The van der Waals surface area contributed by atoms with Crippen LogP contribution in [0.5, 0.6) is 11.5 Å². The smallest absolute Gasteiger partial charge is 0.426 e. The van der Waals surface area contributed by atoms with Crippen molar-refractivity contribution >= 4 is 46.3 Å². The van der Waals surface area contributed by atoms with E-state index >= 15 is 0 Å². The molecule has 1 N–H and O–H groups in total. The van der Waals surface area contributed by atoms with Gasteiger partial charge in [0.05, 0.1) is 22.0 Å². The molecule has 0 aliphatic heterocycles. The van der Waals surface area contributed by atoms with E-state index in [9.17, 15) is 50.0 Å². The Labute approximate surface area is 260 Å². The number of non-ortho nitro benzene ring substituents is 2. The van der Waals surface area contributed by atoms with Gasteiger partial charge in [-0.15, -0.1) is 0 Å². The number of rotatable bonds is 9. The third kappa shape index (κ3) is 12.8. The summed E-state index contributed by atoms with van der Waals surface area (Å²) in [7, 11) is 0. The number of aliphatic hydroxyl groups is 1. The first kappa shape index (κ1) is 37.6. The quantitative estimate of drug-likeness (QED) is 0.0657. The fraction of sp³-hybridized carbons (Fsp3) is 0.120. The molecule has 0 atom stereocenters. The lowest BCUT2D eigenvalue weighted by atomic mass is 10.3. The molecule has 0 bridgehead atoms. The minimum atomic E-state index is -1.08. The van der Waals surface area contributed by atoms with Crippen LogP contribution in [0.3, 0.4) is 0 Å². The van der Waals surface area contributed by atoms with Crippen LogP contribution < -0.4 is 9.47 Å². The fourth-order valence-corrected chi connectivity index (χ4v) is 2.80. The Morgan fingerprint density at radius 3 is 1.41 bits per heavy atom. The summed E-state index contributed by atoms with van der Waals surface area (Å²) in [6.45, 7) is -0.659. The average molecular weight is 669 g/mol. The van der Waals surface area contributed by atoms with Crippen LogP contribution in [0, 0.1) is 40.5 Å². The Hall–Kier alpha value is -6.41. The third-order valence-corrected chi connectivity index (χ3v) is 4.71. The second kappa shape index (κ2) is 18.3. The van der Waals surface area contributed by atoms with Crippen molar-refractivity contribution in [2.75, 3.05) is 0 Å². The number of halogens is 1. The number of carbonyl (C=O) groups is 2. The lowest BCUT2D eigenvalue weighted by molar-refractivity contribution is -0.402. The zero-order valence-corrected chi connectivity index (χ0v) is 22.8. The summed E-state index contributed by atoms with van der Waals surface area (Å²) >= 11 is 4.92. The molecule has 4 aromatic rings. The maximum Gasteiger partial charge on any atom is 0.514 e. The summed E-state index contributed by atoms with van der Waals surface area (Å²) in [6.07, 6.45) is -1.08. The fourth-order valence-electron chi connectivity index (χ4n) is 2.71. The Morgan fingerprint density at radius 1 is 0.652 bits per heavy atom. The van der Waals surface area contributed by atoms with Crippen molar-refractivity contribution in [1.82, 2.24) is 0 Å². The number of hydrogen-bond donors (Lipinski definition) is 1. The van der Waals surface area contributed by atoms with E-state index in [1.165, 1.54) is 66.7 Å². The molecule has 0 saturated heterocycles. The van der Waals surface area contributed by atoms with Crippen molar-refractivity contribution in [2.45, 2.75) is 20.6 Å². The molecule has 20 nitrogen and oxygen atoms in total. The van der Waals surface area contributed by atoms with Gasteiger partial charge < -0.3 is 28.2 Å². The predicted octanol–water partition coefficient (Wildman–Crippen LogP) is 6.46. The van der Waals surface area contributed by atoms with Gasteiger partial charge >= 0.3 is 23.4 Å². The molecule has 2 heterocycles. The zero-order chi connectivity index (χ0) is 33.5. The van der Waals surface area contributed by atoms with Crippen LogP contribution in [0.1, 0.15) is 18.9 Å². The lowest BCUT2D eigenvalue weighted by Crippen LogP contribution is -2.10. The summed E-state index contributed by atoms with van der Waals surface area (Å²) in [5.41, 5.74) is -1.20. The topological polar surface area (TPSA) is 281 Å². The first-order valence-corrected chi connectivity index (χ1v) is 11.9. The van der Waals surface area contributed by atoms with Gasteiger partial charge in [-0.25, -0.2) is 9.59 Å². The number of aliphatic hydroxyl groups excluding tert-OH is 1. The van der Waals surface area contributed by atoms with E-state index in [1.54, 1.807) is 0 Å². The largest absolute Gasteiger partial charge is 0.514 e. The van der Waals surface area contributed by atoms with E-state index in [-0.39, 0.29) is 60.9 Å². The van der Waals surface area contributed by atoms with Gasteiger partial charge in [0, 0.05) is 35.9 Å². The zero-order valence-electron chi connectivity index (χ0n) is 22.1. The molecule has 0 radical (unpaired) electrons. The third-order valence-electron chi connectivity index (χ3n) is 4.64.